The second kappa shape index (κ2) is 5.04. The molecule has 0 bridgehead atoms. The molecule has 1 amide bonds. The van der Waals surface area contributed by atoms with Gasteiger partial charge in [-0.1, -0.05) is 18.2 Å². The van der Waals surface area contributed by atoms with Gasteiger partial charge >= 0.3 is 6.18 Å². The minimum absolute atomic E-state index is 0.230. The van der Waals surface area contributed by atoms with E-state index in [1.54, 1.807) is 31.2 Å². The number of hydrogen-bond acceptors (Lipinski definition) is 2. The Morgan fingerprint density at radius 2 is 1.77 bits per heavy atom. The Hall–Kier alpha value is -1.98. The Labute approximate surface area is 128 Å². The molecule has 0 aliphatic carbocycles. The lowest BCUT2D eigenvalue weighted by atomic mass is 9.78. The van der Waals surface area contributed by atoms with Crippen LogP contribution in [-0.2, 0) is 4.79 Å². The minimum atomic E-state index is -4.59. The molecule has 1 atom stereocenters. The van der Waals surface area contributed by atoms with E-state index >= 15 is 0 Å². The number of carbonyl (C=O) groups is 1. The number of halogens is 3. The van der Waals surface area contributed by atoms with Gasteiger partial charge in [0.25, 0.3) is 5.91 Å². The maximum atomic E-state index is 13.9. The quantitative estimate of drug-likeness (QED) is 0.794. The van der Waals surface area contributed by atoms with E-state index in [4.69, 9.17) is 0 Å². The van der Waals surface area contributed by atoms with Crippen LogP contribution in [0.2, 0.25) is 0 Å². The highest BCUT2D eigenvalue weighted by molar-refractivity contribution is 6.06. The van der Waals surface area contributed by atoms with Crippen LogP contribution in [0.15, 0.2) is 29.8 Å². The molecular formula is C16H19F3N2O. The summed E-state index contributed by atoms with van der Waals surface area (Å²) in [5.74, 6) is -0.626. The molecule has 6 heteroatoms. The number of para-hydroxylation sites is 1. The summed E-state index contributed by atoms with van der Waals surface area (Å²) in [5, 5.41) is 0. The second-order valence-electron chi connectivity index (χ2n) is 5.85. The summed E-state index contributed by atoms with van der Waals surface area (Å²) in [7, 11) is 4.29. The molecule has 3 nitrogen and oxygen atoms in total. The van der Waals surface area contributed by atoms with E-state index in [2.05, 4.69) is 0 Å². The highest BCUT2D eigenvalue weighted by atomic mass is 19.4. The van der Waals surface area contributed by atoms with E-state index < -0.39 is 17.6 Å². The zero-order valence-electron chi connectivity index (χ0n) is 13.2. The fraction of sp³-hybridized carbons (Fsp3) is 0.438. The molecular weight excluding hydrogens is 293 g/mol. The first-order valence-corrected chi connectivity index (χ1v) is 6.86. The Morgan fingerprint density at radius 3 is 2.27 bits per heavy atom. The molecule has 1 heterocycles. The van der Waals surface area contributed by atoms with Crippen molar-refractivity contribution in [3.63, 3.8) is 0 Å². The van der Waals surface area contributed by atoms with Crippen LogP contribution < -0.4 is 4.90 Å². The van der Waals surface area contributed by atoms with Crippen LogP contribution in [0.1, 0.15) is 19.4 Å². The first kappa shape index (κ1) is 16.4. The second-order valence-corrected chi connectivity index (χ2v) is 5.85. The number of rotatable bonds is 1. The fourth-order valence-electron chi connectivity index (χ4n) is 2.92. The summed E-state index contributed by atoms with van der Waals surface area (Å²) in [5.41, 5.74) is -1.11. The Morgan fingerprint density at radius 1 is 1.23 bits per heavy atom. The van der Waals surface area contributed by atoms with Crippen molar-refractivity contribution < 1.29 is 18.0 Å². The number of nitrogens with zero attached hydrogens (tertiary/aromatic N) is 2. The van der Waals surface area contributed by atoms with Gasteiger partial charge in [-0.05, 0) is 25.5 Å². The number of anilines is 1. The third-order valence-electron chi connectivity index (χ3n) is 4.37. The standard InChI is InChI=1S/C16H19F3N2O/c1-10-11-8-6-7-9-12(11)21(5)15(2,16(17,18)19)13(10)14(22)20(3)4/h6-9H,1-5H3. The Bertz CT molecular complexity index is 649. The molecule has 1 aromatic rings. The molecule has 0 aromatic heterocycles. The molecule has 0 saturated carbocycles. The average Bonchev–Trinajstić information content (AvgIpc) is 2.43. The van der Waals surface area contributed by atoms with Gasteiger partial charge < -0.3 is 9.80 Å². The van der Waals surface area contributed by atoms with Crippen LogP contribution >= 0.6 is 0 Å². The lowest BCUT2D eigenvalue weighted by molar-refractivity contribution is -0.173. The van der Waals surface area contributed by atoms with Gasteiger partial charge in [0.15, 0.2) is 5.54 Å². The minimum Gasteiger partial charge on any atom is -0.356 e. The lowest BCUT2D eigenvalue weighted by Gasteiger charge is -2.47. The normalized spacial score (nSPS) is 21.7. The van der Waals surface area contributed by atoms with E-state index in [0.29, 0.717) is 16.8 Å². The maximum Gasteiger partial charge on any atom is 0.415 e. The summed E-state index contributed by atoms with van der Waals surface area (Å²) in [6.07, 6.45) is -4.59. The molecule has 1 aliphatic heterocycles. The summed E-state index contributed by atoms with van der Waals surface area (Å²) in [6, 6.07) is 6.82. The SMILES string of the molecule is CC1=C(C(=O)N(C)C)C(C)(C(F)(F)F)N(C)c2ccccc21. The predicted octanol–water partition coefficient (Wildman–Crippen LogP) is 3.32. The summed E-state index contributed by atoms with van der Waals surface area (Å²) < 4.78 is 41.6. The van der Waals surface area contributed by atoms with Crippen molar-refractivity contribution in [1.82, 2.24) is 4.90 Å². The number of amides is 1. The molecule has 0 radical (unpaired) electrons. The Balaban J connectivity index is 2.85. The first-order chi connectivity index (χ1) is 10.0. The smallest absolute Gasteiger partial charge is 0.356 e. The van der Waals surface area contributed by atoms with Crippen molar-refractivity contribution in [3.8, 4) is 0 Å². The van der Waals surface area contributed by atoms with E-state index in [0.717, 1.165) is 11.8 Å². The molecule has 2 rings (SSSR count). The van der Waals surface area contributed by atoms with Crippen LogP contribution in [-0.4, -0.2) is 43.7 Å². The van der Waals surface area contributed by atoms with E-state index in [-0.39, 0.29) is 5.57 Å². The van der Waals surface area contributed by atoms with E-state index in [1.807, 2.05) is 0 Å². The average molecular weight is 312 g/mol. The predicted molar refractivity (Wildman–Crippen MR) is 80.6 cm³/mol. The number of alkyl halides is 3. The first-order valence-electron chi connectivity index (χ1n) is 6.86. The fourth-order valence-corrected chi connectivity index (χ4v) is 2.92. The van der Waals surface area contributed by atoms with Crippen LogP contribution in [0.5, 0.6) is 0 Å². The summed E-state index contributed by atoms with van der Waals surface area (Å²) in [6.45, 7) is 2.63. The molecule has 1 aliphatic rings. The van der Waals surface area contributed by atoms with Crippen LogP contribution in [0.4, 0.5) is 18.9 Å². The topological polar surface area (TPSA) is 23.6 Å². The maximum absolute atomic E-state index is 13.9. The van der Waals surface area contributed by atoms with Crippen molar-refractivity contribution in [1.29, 1.82) is 0 Å². The van der Waals surface area contributed by atoms with Crippen molar-refractivity contribution in [3.05, 3.63) is 35.4 Å². The molecule has 120 valence electrons. The van der Waals surface area contributed by atoms with Gasteiger partial charge in [0, 0.05) is 32.4 Å². The van der Waals surface area contributed by atoms with Crippen molar-refractivity contribution in [2.24, 2.45) is 0 Å². The van der Waals surface area contributed by atoms with Crippen molar-refractivity contribution >= 4 is 17.2 Å². The van der Waals surface area contributed by atoms with Gasteiger partial charge in [-0.2, -0.15) is 13.2 Å². The van der Waals surface area contributed by atoms with Gasteiger partial charge in [-0.25, -0.2) is 0 Å². The largest absolute Gasteiger partial charge is 0.415 e. The van der Waals surface area contributed by atoms with Crippen LogP contribution in [0, 0.1) is 0 Å². The number of allylic oxidation sites excluding steroid dienone is 1. The van der Waals surface area contributed by atoms with Gasteiger partial charge in [0.2, 0.25) is 0 Å². The van der Waals surface area contributed by atoms with Gasteiger partial charge in [0.1, 0.15) is 0 Å². The monoisotopic (exact) mass is 312 g/mol. The summed E-state index contributed by atoms with van der Waals surface area (Å²) in [4.78, 5) is 14.8. The van der Waals surface area contributed by atoms with Crippen molar-refractivity contribution in [2.75, 3.05) is 26.0 Å². The van der Waals surface area contributed by atoms with Crippen LogP contribution in [0.25, 0.3) is 5.57 Å². The number of carbonyl (C=O) groups excluding carboxylic acids is 1. The number of likely N-dealkylation sites (N-methyl/N-ethyl adjacent to an activating group) is 2. The number of fused-ring (bicyclic) bond motifs is 1. The molecule has 0 N–H and O–H groups in total. The third-order valence-corrected chi connectivity index (χ3v) is 4.37. The zero-order chi connectivity index (χ0) is 16.9. The highest BCUT2D eigenvalue weighted by Crippen LogP contribution is 2.50. The summed E-state index contributed by atoms with van der Waals surface area (Å²) >= 11 is 0. The lowest BCUT2D eigenvalue weighted by Crippen LogP contribution is -2.61. The van der Waals surface area contributed by atoms with E-state index in [1.165, 1.54) is 26.0 Å². The molecule has 22 heavy (non-hydrogen) atoms. The third kappa shape index (κ3) is 2.09. The van der Waals surface area contributed by atoms with Gasteiger partial charge in [0.05, 0.1) is 5.57 Å². The van der Waals surface area contributed by atoms with Gasteiger partial charge in [-0.15, -0.1) is 0 Å². The molecule has 1 unspecified atom stereocenters. The number of hydrogen-bond donors (Lipinski definition) is 0. The van der Waals surface area contributed by atoms with Gasteiger partial charge in [-0.3, -0.25) is 4.79 Å². The van der Waals surface area contributed by atoms with Crippen molar-refractivity contribution in [2.45, 2.75) is 25.6 Å². The van der Waals surface area contributed by atoms with Crippen LogP contribution in [0.3, 0.4) is 0 Å². The molecule has 0 fully saturated rings. The van der Waals surface area contributed by atoms with E-state index in [9.17, 15) is 18.0 Å². The highest BCUT2D eigenvalue weighted by Gasteiger charge is 2.60. The zero-order valence-corrected chi connectivity index (χ0v) is 13.2. The molecule has 0 spiro atoms. The Kier molecular flexibility index (Phi) is 3.75. The molecule has 1 aromatic carbocycles. The molecule has 0 saturated heterocycles. The number of benzene rings is 1.